The van der Waals surface area contributed by atoms with Gasteiger partial charge in [-0.2, -0.15) is 0 Å². The number of fused-ring (bicyclic) bond motifs is 1. The zero-order valence-corrected chi connectivity index (χ0v) is 13.0. The van der Waals surface area contributed by atoms with E-state index >= 15 is 0 Å². The van der Waals surface area contributed by atoms with Gasteiger partial charge >= 0.3 is 5.97 Å². The molecule has 0 unspecified atom stereocenters. The maximum absolute atomic E-state index is 12.2. The summed E-state index contributed by atoms with van der Waals surface area (Å²) >= 11 is 0. The molecule has 3 N–H and O–H groups in total. The number of aryl methyl sites for hydroxylation is 1. The number of carbonyl (C=O) groups is 2. The summed E-state index contributed by atoms with van der Waals surface area (Å²) < 4.78 is 5.15. The van der Waals surface area contributed by atoms with Crippen molar-refractivity contribution in [3.63, 3.8) is 0 Å². The average Bonchev–Trinajstić information content (AvgIpc) is 2.95. The van der Waals surface area contributed by atoms with Crippen molar-refractivity contribution in [1.29, 1.82) is 0 Å². The van der Waals surface area contributed by atoms with Gasteiger partial charge in [-0.25, -0.2) is 4.79 Å². The number of hydrogen-bond acceptors (Lipinski definition) is 3. The monoisotopic (exact) mass is 312 g/mol. The third-order valence-corrected chi connectivity index (χ3v) is 3.99. The summed E-state index contributed by atoms with van der Waals surface area (Å²) in [4.78, 5) is 26.5. The Balaban J connectivity index is 2.10. The third kappa shape index (κ3) is 2.38. The van der Waals surface area contributed by atoms with Crippen molar-refractivity contribution in [3.8, 4) is 5.75 Å². The summed E-state index contributed by atoms with van der Waals surface area (Å²) in [7, 11) is 1.56. The Hall–Kier alpha value is -3.02. The van der Waals surface area contributed by atoms with E-state index in [0.717, 1.165) is 5.56 Å². The van der Waals surface area contributed by atoms with Gasteiger partial charge in [0.05, 0.1) is 23.9 Å². The molecule has 1 aromatic carbocycles. The largest absolute Gasteiger partial charge is 0.497 e. The lowest BCUT2D eigenvalue weighted by Crippen LogP contribution is -2.03. The predicted octanol–water partition coefficient (Wildman–Crippen LogP) is 2.83. The molecule has 0 bridgehead atoms. The topological polar surface area (TPSA) is 91.4 Å². The van der Waals surface area contributed by atoms with Crippen LogP contribution >= 0.6 is 0 Å². The minimum atomic E-state index is -0.984. The van der Waals surface area contributed by atoms with Gasteiger partial charge < -0.3 is 20.1 Å². The van der Waals surface area contributed by atoms with E-state index in [1.54, 1.807) is 45.2 Å². The number of nitrogens with one attached hydrogen (secondary N) is 2. The van der Waals surface area contributed by atoms with Crippen LogP contribution in [0.1, 0.15) is 32.9 Å². The number of ether oxygens (including phenoxy) is 1. The number of aromatic amines is 1. The van der Waals surface area contributed by atoms with Crippen molar-refractivity contribution in [3.05, 3.63) is 46.3 Å². The minimum Gasteiger partial charge on any atom is -0.497 e. The highest BCUT2D eigenvalue weighted by atomic mass is 16.5. The van der Waals surface area contributed by atoms with Gasteiger partial charge in [0, 0.05) is 23.0 Å². The number of rotatable bonds is 3. The van der Waals surface area contributed by atoms with Crippen molar-refractivity contribution < 1.29 is 19.4 Å². The molecule has 0 spiro atoms. The first-order chi connectivity index (χ1) is 10.9. The van der Waals surface area contributed by atoms with E-state index in [1.165, 1.54) is 0 Å². The number of carboxylic acid groups (broad SMARTS) is 1. The van der Waals surface area contributed by atoms with E-state index in [1.807, 2.05) is 0 Å². The SMILES string of the molecule is COc1ccc2c(c1)NC(=O)/C2=C\c1[nH]c(C)c(C(=O)O)c1C. The smallest absolute Gasteiger partial charge is 0.337 e. The van der Waals surface area contributed by atoms with Gasteiger partial charge in [-0.3, -0.25) is 4.79 Å². The van der Waals surface area contributed by atoms with E-state index in [2.05, 4.69) is 10.3 Å². The number of H-pyrrole nitrogens is 1. The van der Waals surface area contributed by atoms with Crippen molar-refractivity contribution in [2.45, 2.75) is 13.8 Å². The number of benzene rings is 1. The fraction of sp³-hybridized carbons (Fsp3) is 0.176. The van der Waals surface area contributed by atoms with Crippen LogP contribution in [0.4, 0.5) is 5.69 Å². The highest BCUT2D eigenvalue weighted by molar-refractivity contribution is 6.35. The van der Waals surface area contributed by atoms with Gasteiger partial charge in [-0.1, -0.05) is 0 Å². The summed E-state index contributed by atoms with van der Waals surface area (Å²) in [6.45, 7) is 3.42. The molecule has 0 radical (unpaired) electrons. The maximum atomic E-state index is 12.2. The van der Waals surface area contributed by atoms with Gasteiger partial charge in [0.15, 0.2) is 0 Å². The number of carbonyl (C=O) groups excluding carboxylic acids is 1. The van der Waals surface area contributed by atoms with Crippen molar-refractivity contribution in [1.82, 2.24) is 4.98 Å². The Bertz CT molecular complexity index is 862. The van der Waals surface area contributed by atoms with Crippen LogP contribution in [0.15, 0.2) is 18.2 Å². The van der Waals surface area contributed by atoms with Crippen molar-refractivity contribution in [2.75, 3.05) is 12.4 Å². The molecule has 118 valence electrons. The Morgan fingerprint density at radius 3 is 2.65 bits per heavy atom. The number of carboxylic acids is 1. The molecule has 2 aromatic rings. The van der Waals surface area contributed by atoms with Gasteiger partial charge in [0.25, 0.3) is 5.91 Å². The fourth-order valence-corrected chi connectivity index (χ4v) is 2.83. The number of hydrogen-bond donors (Lipinski definition) is 3. The minimum absolute atomic E-state index is 0.225. The summed E-state index contributed by atoms with van der Waals surface area (Å²) in [5.74, 6) is -0.552. The molecule has 1 amide bonds. The molecule has 0 fully saturated rings. The lowest BCUT2D eigenvalue weighted by atomic mass is 10.0. The van der Waals surface area contributed by atoms with Gasteiger partial charge in [-0.15, -0.1) is 0 Å². The van der Waals surface area contributed by atoms with Gasteiger partial charge in [0.1, 0.15) is 5.75 Å². The van der Waals surface area contributed by atoms with Gasteiger partial charge in [-0.05, 0) is 37.6 Å². The first-order valence-electron chi connectivity index (χ1n) is 7.06. The molecular weight excluding hydrogens is 296 g/mol. The molecular formula is C17H16N2O4. The number of methoxy groups -OCH3 is 1. The second-order valence-corrected chi connectivity index (χ2v) is 5.39. The first kappa shape index (κ1) is 14.9. The summed E-state index contributed by atoms with van der Waals surface area (Å²) in [5, 5.41) is 12.0. The van der Waals surface area contributed by atoms with E-state index in [4.69, 9.17) is 4.74 Å². The predicted molar refractivity (Wildman–Crippen MR) is 86.7 cm³/mol. The summed E-state index contributed by atoms with van der Waals surface area (Å²) in [6, 6.07) is 5.34. The molecule has 6 heteroatoms. The molecule has 6 nitrogen and oxygen atoms in total. The second-order valence-electron chi connectivity index (χ2n) is 5.39. The third-order valence-electron chi connectivity index (χ3n) is 3.99. The highest BCUT2D eigenvalue weighted by Crippen LogP contribution is 2.36. The lowest BCUT2D eigenvalue weighted by molar-refractivity contribution is -0.110. The standard InChI is InChI=1S/C17H16N2O4/c1-8-13(18-9(2)15(8)17(21)22)7-12-11-5-4-10(23-3)6-14(11)19-16(12)20/h4-7,18H,1-3H3,(H,19,20)(H,21,22)/b12-7-. The van der Waals surface area contributed by atoms with Crippen LogP contribution in [-0.2, 0) is 4.79 Å². The van der Waals surface area contributed by atoms with Crippen molar-refractivity contribution in [2.24, 2.45) is 0 Å². The van der Waals surface area contributed by atoms with Crippen LogP contribution in [0, 0.1) is 13.8 Å². The Kier molecular flexibility index (Phi) is 3.44. The lowest BCUT2D eigenvalue weighted by Gasteiger charge is -2.02. The molecule has 0 saturated carbocycles. The number of amides is 1. The molecule has 3 rings (SSSR count). The molecule has 1 aromatic heterocycles. The fourth-order valence-electron chi connectivity index (χ4n) is 2.83. The first-order valence-corrected chi connectivity index (χ1v) is 7.06. The Labute approximate surface area is 132 Å². The van der Waals surface area contributed by atoms with Crippen LogP contribution in [-0.4, -0.2) is 29.1 Å². The quantitative estimate of drug-likeness (QED) is 0.760. The Morgan fingerprint density at radius 1 is 1.30 bits per heavy atom. The number of aromatic nitrogens is 1. The molecule has 0 aliphatic carbocycles. The summed E-state index contributed by atoms with van der Waals surface area (Å²) in [5.41, 5.74) is 3.97. The van der Waals surface area contributed by atoms with Crippen LogP contribution in [0.3, 0.4) is 0 Å². The normalized spacial score (nSPS) is 14.7. The van der Waals surface area contributed by atoms with Crippen LogP contribution in [0.2, 0.25) is 0 Å². The summed E-state index contributed by atoms with van der Waals surface area (Å²) in [6.07, 6.45) is 1.68. The molecule has 1 aliphatic rings. The second kappa shape index (κ2) is 5.31. The average molecular weight is 312 g/mol. The molecule has 2 heterocycles. The van der Waals surface area contributed by atoms with Crippen molar-refractivity contribution >= 4 is 29.2 Å². The maximum Gasteiger partial charge on any atom is 0.337 e. The van der Waals surface area contributed by atoms with E-state index in [-0.39, 0.29) is 11.5 Å². The Morgan fingerprint density at radius 2 is 2.04 bits per heavy atom. The van der Waals surface area contributed by atoms with E-state index in [9.17, 15) is 14.7 Å². The van der Waals surface area contributed by atoms with E-state index in [0.29, 0.717) is 34.0 Å². The highest BCUT2D eigenvalue weighted by Gasteiger charge is 2.25. The van der Waals surface area contributed by atoms with E-state index < -0.39 is 5.97 Å². The van der Waals surface area contributed by atoms with Crippen LogP contribution < -0.4 is 10.1 Å². The molecule has 0 atom stereocenters. The molecule has 0 saturated heterocycles. The van der Waals surface area contributed by atoms with Crippen LogP contribution in [0.25, 0.3) is 11.6 Å². The van der Waals surface area contributed by atoms with Gasteiger partial charge in [0.2, 0.25) is 0 Å². The number of anilines is 1. The zero-order chi connectivity index (χ0) is 16.7. The molecule has 1 aliphatic heterocycles. The molecule has 23 heavy (non-hydrogen) atoms. The van der Waals surface area contributed by atoms with Crippen LogP contribution in [0.5, 0.6) is 5.75 Å². The zero-order valence-electron chi connectivity index (χ0n) is 13.0. The number of aromatic carboxylic acids is 1.